The Bertz CT molecular complexity index is 82.5. The molecule has 0 aromatic carbocycles. The zero-order chi connectivity index (χ0) is 6.41. The van der Waals surface area contributed by atoms with Gasteiger partial charge in [-0.15, -0.1) is 0 Å². The maximum atomic E-state index is 9.75. The maximum absolute atomic E-state index is 9.75. The van der Waals surface area contributed by atoms with E-state index in [2.05, 4.69) is 4.74 Å². The zero-order valence-electron chi connectivity index (χ0n) is 4.60. The van der Waals surface area contributed by atoms with E-state index in [-0.39, 0.29) is 6.42 Å². The summed E-state index contributed by atoms with van der Waals surface area (Å²) in [5.41, 5.74) is 0. The van der Waals surface area contributed by atoms with Crippen molar-refractivity contribution in [3.8, 4) is 0 Å². The van der Waals surface area contributed by atoms with Crippen LogP contribution in [0.5, 0.6) is 0 Å². The molecule has 0 aliphatic rings. The van der Waals surface area contributed by atoms with E-state index in [0.717, 1.165) is 0 Å². The minimum atomic E-state index is -0.604. The molecule has 2 radical (unpaired) electrons. The smallest absolute Gasteiger partial charge is 0.230 e. The first kappa shape index (κ1) is 7.30. The molecule has 0 aliphatic heterocycles. The molecule has 0 aromatic rings. The van der Waals surface area contributed by atoms with Gasteiger partial charge in [-0.05, 0) is 0 Å². The van der Waals surface area contributed by atoms with E-state index in [0.29, 0.717) is 0 Å². The molecule has 0 saturated heterocycles. The number of hydrogen-bond acceptors (Lipinski definition) is 3. The summed E-state index contributed by atoms with van der Waals surface area (Å²) in [6.07, 6.45) is 3.22. The molecule has 0 rings (SSSR count). The van der Waals surface area contributed by atoms with E-state index in [1.807, 2.05) is 6.21 Å². The topological polar surface area (TPSA) is 50.2 Å². The summed E-state index contributed by atoms with van der Waals surface area (Å²) in [4.78, 5) is 9.75. The van der Waals surface area contributed by atoms with Gasteiger partial charge in [-0.1, -0.05) is 0 Å². The van der Waals surface area contributed by atoms with Crippen molar-refractivity contribution in [3.63, 3.8) is 0 Å². The van der Waals surface area contributed by atoms with Gasteiger partial charge in [0.05, 0.1) is 6.21 Å². The average molecular weight is 113 g/mol. The van der Waals surface area contributed by atoms with Gasteiger partial charge >= 0.3 is 0 Å². The van der Waals surface area contributed by atoms with Gasteiger partial charge in [-0.2, -0.15) is 0 Å². The average Bonchev–Trinajstić information content (AvgIpc) is 1.83. The van der Waals surface area contributed by atoms with Gasteiger partial charge in [0.25, 0.3) is 0 Å². The van der Waals surface area contributed by atoms with E-state index in [1.165, 1.54) is 7.11 Å². The normalized spacial score (nSPS) is 12.6. The van der Waals surface area contributed by atoms with Gasteiger partial charge in [-0.25, -0.2) is 0 Å². The molecule has 0 fully saturated rings. The molecule has 8 heavy (non-hydrogen) atoms. The fourth-order valence-corrected chi connectivity index (χ4v) is 0.266. The lowest BCUT2D eigenvalue weighted by Gasteiger charge is -1.98. The third kappa shape index (κ3) is 2.47. The quantitative estimate of drug-likeness (QED) is 0.523. The van der Waals surface area contributed by atoms with Crippen molar-refractivity contribution in [2.45, 2.75) is 12.5 Å². The van der Waals surface area contributed by atoms with Crippen LogP contribution in [0.4, 0.5) is 0 Å². The molecule has 0 heterocycles. The fourth-order valence-electron chi connectivity index (χ4n) is 0.266. The third-order valence-electron chi connectivity index (χ3n) is 0.703. The zero-order valence-corrected chi connectivity index (χ0v) is 4.60. The standard InChI is InChI=1S/C5H7NO2/c1-8-5(4-7)2-3-6/h5-6H,2H2,1H3. The van der Waals surface area contributed by atoms with Gasteiger partial charge in [0.2, 0.25) is 6.29 Å². The van der Waals surface area contributed by atoms with Crippen molar-refractivity contribution in [1.82, 2.24) is 0 Å². The minimum Gasteiger partial charge on any atom is -0.373 e. The summed E-state index contributed by atoms with van der Waals surface area (Å²) < 4.78 is 4.53. The van der Waals surface area contributed by atoms with Crippen LogP contribution in [0.1, 0.15) is 6.42 Å². The predicted molar refractivity (Wildman–Crippen MR) is 28.8 cm³/mol. The van der Waals surface area contributed by atoms with Crippen LogP contribution >= 0.6 is 0 Å². The SMILES string of the molecule is COC([C]=O)C[C]=N. The largest absolute Gasteiger partial charge is 0.373 e. The number of nitrogens with one attached hydrogen (secondary N) is 1. The van der Waals surface area contributed by atoms with Crippen molar-refractivity contribution >= 4 is 12.5 Å². The van der Waals surface area contributed by atoms with Crippen molar-refractivity contribution in [2.75, 3.05) is 7.11 Å². The first-order valence-corrected chi connectivity index (χ1v) is 2.15. The van der Waals surface area contributed by atoms with Crippen LogP contribution in [-0.2, 0) is 9.53 Å². The Labute approximate surface area is 48.2 Å². The molecular formula is C5H7NO2. The second kappa shape index (κ2) is 4.46. The lowest BCUT2D eigenvalue weighted by Crippen LogP contribution is -2.11. The van der Waals surface area contributed by atoms with Gasteiger partial charge < -0.3 is 10.1 Å². The molecule has 3 heteroatoms. The number of methoxy groups -OCH3 is 1. The Morgan fingerprint density at radius 2 is 2.50 bits per heavy atom. The van der Waals surface area contributed by atoms with Crippen LogP contribution in [0.2, 0.25) is 0 Å². The molecule has 0 aromatic heterocycles. The molecule has 1 atom stereocenters. The van der Waals surface area contributed by atoms with Crippen LogP contribution in [-0.4, -0.2) is 25.7 Å². The molecule has 0 bridgehead atoms. The highest BCUT2D eigenvalue weighted by Crippen LogP contribution is 1.87. The van der Waals surface area contributed by atoms with E-state index >= 15 is 0 Å². The van der Waals surface area contributed by atoms with Crippen LogP contribution in [0.25, 0.3) is 0 Å². The highest BCUT2D eigenvalue weighted by molar-refractivity contribution is 5.65. The summed E-state index contributed by atoms with van der Waals surface area (Å²) in [7, 11) is 1.40. The second-order valence-electron chi connectivity index (χ2n) is 1.22. The summed E-state index contributed by atoms with van der Waals surface area (Å²) in [6, 6.07) is 0. The fraction of sp³-hybridized carbons (Fsp3) is 0.600. The Morgan fingerprint density at radius 3 is 2.62 bits per heavy atom. The lowest BCUT2D eigenvalue weighted by atomic mass is 10.3. The number of carbonyl (C=O) groups excluding carboxylic acids is 1. The molecule has 0 aliphatic carbocycles. The molecular weight excluding hydrogens is 106 g/mol. The van der Waals surface area contributed by atoms with Crippen LogP contribution < -0.4 is 0 Å². The van der Waals surface area contributed by atoms with Gasteiger partial charge in [0.15, 0.2) is 0 Å². The number of ether oxygens (including phenoxy) is 1. The van der Waals surface area contributed by atoms with E-state index in [4.69, 9.17) is 5.41 Å². The highest BCUT2D eigenvalue weighted by Gasteiger charge is 2.01. The Balaban J connectivity index is 3.35. The molecule has 1 N–H and O–H groups in total. The van der Waals surface area contributed by atoms with E-state index in [1.54, 1.807) is 6.29 Å². The number of rotatable bonds is 4. The van der Waals surface area contributed by atoms with Crippen LogP contribution in [0.3, 0.4) is 0 Å². The number of hydrogen-bond donors (Lipinski definition) is 1. The van der Waals surface area contributed by atoms with Crippen LogP contribution in [0.15, 0.2) is 0 Å². The maximum Gasteiger partial charge on any atom is 0.230 e. The lowest BCUT2D eigenvalue weighted by molar-refractivity contribution is 0.159. The van der Waals surface area contributed by atoms with Crippen molar-refractivity contribution in [2.24, 2.45) is 0 Å². The third-order valence-corrected chi connectivity index (χ3v) is 0.703. The minimum absolute atomic E-state index is 0.194. The summed E-state index contributed by atoms with van der Waals surface area (Å²) >= 11 is 0. The highest BCUT2D eigenvalue weighted by atomic mass is 16.5. The second-order valence-corrected chi connectivity index (χ2v) is 1.22. The summed E-state index contributed by atoms with van der Waals surface area (Å²) in [5, 5.41) is 6.43. The van der Waals surface area contributed by atoms with Gasteiger partial charge in [0, 0.05) is 13.5 Å². The Hall–Kier alpha value is -0.700. The Morgan fingerprint density at radius 1 is 1.88 bits per heavy atom. The summed E-state index contributed by atoms with van der Waals surface area (Å²) in [6.45, 7) is 0. The van der Waals surface area contributed by atoms with Crippen molar-refractivity contribution in [1.29, 1.82) is 5.41 Å². The molecule has 0 saturated carbocycles. The molecule has 3 nitrogen and oxygen atoms in total. The van der Waals surface area contributed by atoms with Crippen molar-refractivity contribution < 1.29 is 9.53 Å². The molecule has 0 amide bonds. The Kier molecular flexibility index (Phi) is 4.07. The van der Waals surface area contributed by atoms with E-state index in [9.17, 15) is 4.79 Å². The van der Waals surface area contributed by atoms with Crippen molar-refractivity contribution in [3.05, 3.63) is 0 Å². The molecule has 0 spiro atoms. The first-order valence-electron chi connectivity index (χ1n) is 2.15. The van der Waals surface area contributed by atoms with Gasteiger partial charge in [0.1, 0.15) is 6.10 Å². The molecule has 1 unspecified atom stereocenters. The van der Waals surface area contributed by atoms with E-state index < -0.39 is 6.10 Å². The molecule has 44 valence electrons. The predicted octanol–water partition coefficient (Wildman–Crippen LogP) is 0.0278. The van der Waals surface area contributed by atoms with Gasteiger partial charge in [-0.3, -0.25) is 4.79 Å². The summed E-state index contributed by atoms with van der Waals surface area (Å²) in [5.74, 6) is 0. The monoisotopic (exact) mass is 113 g/mol. The first-order chi connectivity index (χ1) is 3.85. The van der Waals surface area contributed by atoms with Crippen LogP contribution in [0, 0.1) is 5.41 Å².